The number of carbonyl (C=O) groups is 2. The average Bonchev–Trinajstić information content (AvgIpc) is 2.83. The number of aliphatic hydroxyl groups is 1. The second-order valence-electron chi connectivity index (χ2n) is 9.31. The first-order valence-corrected chi connectivity index (χ1v) is 11.9. The number of nitrogens with zero attached hydrogens (tertiary/aromatic N) is 3. The van der Waals surface area contributed by atoms with Crippen molar-refractivity contribution in [1.82, 2.24) is 20.1 Å². The first kappa shape index (κ1) is 23.4. The van der Waals surface area contributed by atoms with Crippen molar-refractivity contribution < 1.29 is 14.7 Å². The van der Waals surface area contributed by atoms with Crippen LogP contribution >= 0.6 is 0 Å². The van der Waals surface area contributed by atoms with Gasteiger partial charge in [0.2, 0.25) is 5.91 Å². The summed E-state index contributed by atoms with van der Waals surface area (Å²) in [5.41, 5.74) is 4.17. The Morgan fingerprint density at radius 1 is 1.15 bits per heavy atom. The van der Waals surface area contributed by atoms with E-state index in [1.54, 1.807) is 19.2 Å². The first-order valence-electron chi connectivity index (χ1n) is 11.9. The lowest BCUT2D eigenvalue weighted by atomic mass is 9.91. The topological polar surface area (TPSA) is 85.8 Å². The minimum absolute atomic E-state index is 0.137. The van der Waals surface area contributed by atoms with Crippen LogP contribution in [0.2, 0.25) is 0 Å². The molecule has 2 amide bonds. The zero-order valence-electron chi connectivity index (χ0n) is 19.4. The van der Waals surface area contributed by atoms with Crippen molar-refractivity contribution in [2.24, 2.45) is 5.92 Å². The van der Waals surface area contributed by atoms with Crippen LogP contribution in [-0.4, -0.2) is 70.5 Å². The Bertz CT molecular complexity index is 972. The van der Waals surface area contributed by atoms with Crippen LogP contribution in [0.5, 0.6) is 0 Å². The monoisotopic (exact) mass is 450 g/mol. The number of likely N-dealkylation sites (tertiary alicyclic amines) is 1. The molecule has 0 aliphatic carbocycles. The largest absolute Gasteiger partial charge is 0.390 e. The maximum atomic E-state index is 12.7. The van der Waals surface area contributed by atoms with Gasteiger partial charge in [0.1, 0.15) is 0 Å². The maximum Gasteiger partial charge on any atom is 0.251 e. The number of pyridine rings is 1. The van der Waals surface area contributed by atoms with E-state index in [1.807, 2.05) is 11.0 Å². The molecule has 2 N–H and O–H groups in total. The van der Waals surface area contributed by atoms with E-state index in [1.165, 1.54) is 11.1 Å². The lowest BCUT2D eigenvalue weighted by Crippen LogP contribution is -2.42. The Morgan fingerprint density at radius 3 is 2.67 bits per heavy atom. The van der Waals surface area contributed by atoms with Crippen LogP contribution in [0, 0.1) is 5.92 Å². The van der Waals surface area contributed by atoms with Crippen LogP contribution in [-0.2, 0) is 24.2 Å². The maximum absolute atomic E-state index is 12.7. The third-order valence-corrected chi connectivity index (χ3v) is 6.81. The van der Waals surface area contributed by atoms with Gasteiger partial charge in [-0.25, -0.2) is 0 Å². The molecule has 3 heterocycles. The third kappa shape index (κ3) is 6.39. The summed E-state index contributed by atoms with van der Waals surface area (Å²) in [5.74, 6) is 0.425. The van der Waals surface area contributed by atoms with Gasteiger partial charge in [-0.3, -0.25) is 19.5 Å². The van der Waals surface area contributed by atoms with Crippen LogP contribution < -0.4 is 5.32 Å². The number of benzene rings is 1. The number of piperidine rings is 1. The molecule has 1 atom stereocenters. The van der Waals surface area contributed by atoms with Crippen molar-refractivity contribution in [3.05, 3.63) is 65.0 Å². The molecule has 33 heavy (non-hydrogen) atoms. The highest BCUT2D eigenvalue weighted by Gasteiger charge is 2.22. The smallest absolute Gasteiger partial charge is 0.251 e. The van der Waals surface area contributed by atoms with Gasteiger partial charge in [0.05, 0.1) is 6.10 Å². The molecule has 0 spiro atoms. The molecule has 0 saturated carbocycles. The zero-order chi connectivity index (χ0) is 23.2. The summed E-state index contributed by atoms with van der Waals surface area (Å²) in [6.45, 7) is 5.71. The van der Waals surface area contributed by atoms with Crippen molar-refractivity contribution in [3.63, 3.8) is 0 Å². The number of β-amino-alcohol motifs (C(OH)–C–C–N with tert-alkyl or cyclic N) is 1. The van der Waals surface area contributed by atoms with E-state index in [2.05, 4.69) is 39.5 Å². The number of aromatic nitrogens is 1. The normalized spacial score (nSPS) is 17.9. The van der Waals surface area contributed by atoms with Crippen molar-refractivity contribution >= 4 is 11.8 Å². The van der Waals surface area contributed by atoms with Gasteiger partial charge in [0, 0.05) is 63.6 Å². The second kappa shape index (κ2) is 10.9. The number of fused-ring (bicyclic) bond motifs is 1. The van der Waals surface area contributed by atoms with E-state index >= 15 is 0 Å². The molecule has 4 rings (SSSR count). The van der Waals surface area contributed by atoms with Gasteiger partial charge in [0.15, 0.2) is 0 Å². The lowest BCUT2D eigenvalue weighted by molar-refractivity contribution is -0.130. The van der Waals surface area contributed by atoms with Gasteiger partial charge in [-0.05, 0) is 54.9 Å². The Morgan fingerprint density at radius 2 is 1.91 bits per heavy atom. The number of carbonyl (C=O) groups excluding carboxylic acids is 2. The van der Waals surface area contributed by atoms with Crippen LogP contribution in [0.15, 0.2) is 42.6 Å². The standard InChI is InChI=1S/C26H34N4O3/c1-19(31)30-12-7-20(8-13-30)14-24-15-22(6-10-27-24)26(33)28-16-25(32)18-29-11-9-21-4-2-3-5-23(21)17-29/h2-6,10,15,20,25,32H,7-9,11-14,16-18H2,1H3,(H,28,33)/t25-/m1/s1. The molecule has 0 radical (unpaired) electrons. The lowest BCUT2D eigenvalue weighted by Gasteiger charge is -2.31. The number of aliphatic hydroxyl groups excluding tert-OH is 1. The van der Waals surface area contributed by atoms with Gasteiger partial charge in [-0.2, -0.15) is 0 Å². The molecular weight excluding hydrogens is 416 g/mol. The summed E-state index contributed by atoms with van der Waals surface area (Å²) in [5, 5.41) is 13.3. The highest BCUT2D eigenvalue weighted by molar-refractivity contribution is 5.94. The summed E-state index contributed by atoms with van der Waals surface area (Å²) in [6.07, 6.45) is 4.79. The van der Waals surface area contributed by atoms with E-state index in [0.717, 1.165) is 57.6 Å². The van der Waals surface area contributed by atoms with Gasteiger partial charge >= 0.3 is 0 Å². The van der Waals surface area contributed by atoms with Crippen LogP contribution in [0.4, 0.5) is 0 Å². The molecule has 1 aromatic carbocycles. The molecule has 2 aromatic rings. The van der Waals surface area contributed by atoms with E-state index in [9.17, 15) is 14.7 Å². The van der Waals surface area contributed by atoms with E-state index in [-0.39, 0.29) is 18.4 Å². The van der Waals surface area contributed by atoms with Crippen molar-refractivity contribution in [3.8, 4) is 0 Å². The third-order valence-electron chi connectivity index (χ3n) is 6.81. The molecular formula is C26H34N4O3. The predicted molar refractivity (Wildman–Crippen MR) is 127 cm³/mol. The highest BCUT2D eigenvalue weighted by Crippen LogP contribution is 2.21. The minimum Gasteiger partial charge on any atom is -0.390 e. The second-order valence-corrected chi connectivity index (χ2v) is 9.31. The zero-order valence-corrected chi connectivity index (χ0v) is 19.4. The van der Waals surface area contributed by atoms with E-state index in [4.69, 9.17) is 0 Å². The fourth-order valence-electron chi connectivity index (χ4n) is 4.86. The highest BCUT2D eigenvalue weighted by atomic mass is 16.3. The van der Waals surface area contributed by atoms with Gasteiger partial charge < -0.3 is 15.3 Å². The Kier molecular flexibility index (Phi) is 7.73. The summed E-state index contributed by atoms with van der Waals surface area (Å²) in [4.78, 5) is 32.7. The van der Waals surface area contributed by atoms with Gasteiger partial charge in [-0.15, -0.1) is 0 Å². The molecule has 1 saturated heterocycles. The van der Waals surface area contributed by atoms with Gasteiger partial charge in [0.25, 0.3) is 5.91 Å². The summed E-state index contributed by atoms with van der Waals surface area (Å²) in [6, 6.07) is 12.0. The van der Waals surface area contributed by atoms with Crippen molar-refractivity contribution in [1.29, 1.82) is 0 Å². The molecule has 0 bridgehead atoms. The molecule has 1 aromatic heterocycles. The molecule has 2 aliphatic rings. The van der Waals surface area contributed by atoms with E-state index in [0.29, 0.717) is 18.0 Å². The molecule has 0 unspecified atom stereocenters. The first-order chi connectivity index (χ1) is 16.0. The molecule has 7 nitrogen and oxygen atoms in total. The number of amides is 2. The average molecular weight is 451 g/mol. The molecule has 2 aliphatic heterocycles. The van der Waals surface area contributed by atoms with Crippen LogP contribution in [0.1, 0.15) is 46.9 Å². The minimum atomic E-state index is -0.619. The number of rotatable bonds is 7. The number of nitrogens with one attached hydrogen (secondary N) is 1. The Hall–Kier alpha value is -2.77. The number of hydrogen-bond donors (Lipinski definition) is 2. The van der Waals surface area contributed by atoms with Crippen LogP contribution in [0.3, 0.4) is 0 Å². The Labute approximate surface area is 195 Å². The summed E-state index contributed by atoms with van der Waals surface area (Å²) in [7, 11) is 0. The summed E-state index contributed by atoms with van der Waals surface area (Å²) < 4.78 is 0. The molecule has 176 valence electrons. The Balaban J connectivity index is 1.23. The van der Waals surface area contributed by atoms with Crippen molar-refractivity contribution in [2.75, 3.05) is 32.7 Å². The fraction of sp³-hybridized carbons (Fsp3) is 0.500. The SMILES string of the molecule is CC(=O)N1CCC(Cc2cc(C(=O)NC[C@@H](O)CN3CCc4ccccc4C3)ccn2)CC1. The van der Waals surface area contributed by atoms with Crippen molar-refractivity contribution in [2.45, 2.75) is 45.3 Å². The fourth-order valence-corrected chi connectivity index (χ4v) is 4.86. The van der Waals surface area contributed by atoms with Crippen LogP contribution in [0.25, 0.3) is 0 Å². The van der Waals surface area contributed by atoms with E-state index < -0.39 is 6.10 Å². The summed E-state index contributed by atoms with van der Waals surface area (Å²) >= 11 is 0. The molecule has 7 heteroatoms. The molecule has 1 fully saturated rings. The number of hydrogen-bond acceptors (Lipinski definition) is 5. The quantitative estimate of drug-likeness (QED) is 0.674. The van der Waals surface area contributed by atoms with Gasteiger partial charge in [-0.1, -0.05) is 24.3 Å². The predicted octanol–water partition coefficient (Wildman–Crippen LogP) is 2.03.